The molecule has 4 N–H and O–H groups in total. The van der Waals surface area contributed by atoms with Crippen LogP contribution in [0.5, 0.6) is 0 Å². The second-order valence-corrected chi connectivity index (χ2v) is 5.80. The van der Waals surface area contributed by atoms with Crippen LogP contribution in [0.3, 0.4) is 0 Å². The molecule has 1 aliphatic rings. The highest BCUT2D eigenvalue weighted by Crippen LogP contribution is 2.20. The summed E-state index contributed by atoms with van der Waals surface area (Å²) >= 11 is 0. The van der Waals surface area contributed by atoms with Crippen LogP contribution in [0, 0.1) is 0 Å². The molecule has 0 spiro atoms. The second kappa shape index (κ2) is 6.24. The lowest BCUT2D eigenvalue weighted by Crippen LogP contribution is -2.46. The number of amides is 1. The van der Waals surface area contributed by atoms with Gasteiger partial charge in [-0.1, -0.05) is 6.07 Å². The number of rotatable bonds is 4. The fraction of sp³-hybridized carbons (Fsp3) is 0.533. The average molecular weight is 277 g/mol. The van der Waals surface area contributed by atoms with Gasteiger partial charge in [0.1, 0.15) is 0 Å². The number of likely N-dealkylation sites (tertiary alicyclic amines) is 1. The lowest BCUT2D eigenvalue weighted by Gasteiger charge is -2.36. The first-order valence-electron chi connectivity index (χ1n) is 7.05. The Labute approximate surface area is 119 Å². The van der Waals surface area contributed by atoms with Crippen LogP contribution in [0.15, 0.2) is 24.3 Å². The number of nitrogens with one attached hydrogen (secondary N) is 1. The number of nitrogens with two attached hydrogens (primary N) is 1. The van der Waals surface area contributed by atoms with E-state index in [-0.39, 0.29) is 5.91 Å². The Morgan fingerprint density at radius 3 is 3.05 bits per heavy atom. The first-order valence-corrected chi connectivity index (χ1v) is 7.05. The molecule has 1 aliphatic heterocycles. The average Bonchev–Trinajstić information content (AvgIpc) is 2.35. The summed E-state index contributed by atoms with van der Waals surface area (Å²) in [5.74, 6) is -0.0270. The van der Waals surface area contributed by atoms with Gasteiger partial charge in [0.15, 0.2) is 0 Å². The molecular formula is C15H23N3O2. The normalized spacial score (nSPS) is 23.5. The minimum Gasteiger partial charge on any atom is -0.399 e. The number of β-amino-alcohol motifs (C(OH)–C–C–N with tert-alkyl or cyclic N) is 1. The van der Waals surface area contributed by atoms with Gasteiger partial charge in [0.25, 0.3) is 0 Å². The van der Waals surface area contributed by atoms with Crippen molar-refractivity contribution in [3.05, 3.63) is 24.3 Å². The van der Waals surface area contributed by atoms with E-state index in [1.807, 2.05) is 19.1 Å². The third kappa shape index (κ3) is 4.51. The zero-order valence-electron chi connectivity index (χ0n) is 11.9. The topological polar surface area (TPSA) is 78.6 Å². The Morgan fingerprint density at radius 1 is 1.55 bits per heavy atom. The largest absolute Gasteiger partial charge is 0.399 e. The number of benzene rings is 1. The monoisotopic (exact) mass is 277 g/mol. The zero-order chi connectivity index (χ0) is 14.6. The summed E-state index contributed by atoms with van der Waals surface area (Å²) in [7, 11) is 0. The van der Waals surface area contributed by atoms with Crippen LogP contribution < -0.4 is 11.1 Å². The van der Waals surface area contributed by atoms with E-state index >= 15 is 0 Å². The molecule has 1 aromatic rings. The molecule has 2 rings (SSSR count). The predicted octanol–water partition coefficient (Wildman–Crippen LogP) is 1.44. The Balaban J connectivity index is 1.78. The van der Waals surface area contributed by atoms with Crippen molar-refractivity contribution >= 4 is 17.3 Å². The molecule has 110 valence electrons. The fourth-order valence-corrected chi connectivity index (χ4v) is 2.61. The minimum absolute atomic E-state index is 0.0270. The highest BCUT2D eigenvalue weighted by atomic mass is 16.3. The number of piperidine rings is 1. The van der Waals surface area contributed by atoms with E-state index in [1.165, 1.54) is 0 Å². The van der Waals surface area contributed by atoms with Crippen molar-refractivity contribution in [2.45, 2.75) is 31.8 Å². The van der Waals surface area contributed by atoms with Crippen LogP contribution in [0.4, 0.5) is 11.4 Å². The van der Waals surface area contributed by atoms with Crippen molar-refractivity contribution in [2.24, 2.45) is 0 Å². The Kier molecular flexibility index (Phi) is 4.62. The molecule has 0 bridgehead atoms. The molecule has 1 fully saturated rings. The highest BCUT2D eigenvalue weighted by molar-refractivity contribution is 5.91. The van der Waals surface area contributed by atoms with Gasteiger partial charge < -0.3 is 16.2 Å². The van der Waals surface area contributed by atoms with E-state index in [0.717, 1.165) is 25.1 Å². The van der Waals surface area contributed by atoms with E-state index in [4.69, 9.17) is 5.73 Å². The molecule has 1 unspecified atom stereocenters. The van der Waals surface area contributed by atoms with Gasteiger partial charge in [0.2, 0.25) is 5.91 Å². The molecule has 0 aliphatic carbocycles. The number of anilines is 2. The number of hydrogen-bond acceptors (Lipinski definition) is 4. The van der Waals surface area contributed by atoms with Crippen LogP contribution in [0.1, 0.15) is 26.2 Å². The fourth-order valence-electron chi connectivity index (χ4n) is 2.61. The number of nitrogens with zero attached hydrogens (tertiary/aromatic N) is 1. The molecule has 1 heterocycles. The van der Waals surface area contributed by atoms with Gasteiger partial charge in [-0.05, 0) is 44.5 Å². The summed E-state index contributed by atoms with van der Waals surface area (Å²) in [6.45, 7) is 4.11. The quantitative estimate of drug-likeness (QED) is 0.728. The van der Waals surface area contributed by atoms with Crippen molar-refractivity contribution in [3.63, 3.8) is 0 Å². The maximum absolute atomic E-state index is 11.9. The van der Waals surface area contributed by atoms with E-state index in [1.54, 1.807) is 12.1 Å². The zero-order valence-corrected chi connectivity index (χ0v) is 11.9. The maximum Gasteiger partial charge on any atom is 0.225 e. The SMILES string of the molecule is CC1(O)CCCN(CCC(=O)Nc2cccc(N)c2)C1. The Morgan fingerprint density at radius 2 is 2.35 bits per heavy atom. The van der Waals surface area contributed by atoms with E-state index < -0.39 is 5.60 Å². The van der Waals surface area contributed by atoms with Crippen LogP contribution >= 0.6 is 0 Å². The summed E-state index contributed by atoms with van der Waals surface area (Å²) in [6.07, 6.45) is 2.23. The smallest absolute Gasteiger partial charge is 0.225 e. The van der Waals surface area contributed by atoms with Gasteiger partial charge in [0, 0.05) is 30.9 Å². The second-order valence-electron chi connectivity index (χ2n) is 5.80. The molecule has 1 amide bonds. The summed E-state index contributed by atoms with van der Waals surface area (Å²) in [5.41, 5.74) is 6.40. The molecule has 1 aromatic carbocycles. The minimum atomic E-state index is -0.622. The van der Waals surface area contributed by atoms with E-state index in [2.05, 4.69) is 10.2 Å². The third-order valence-electron chi connectivity index (χ3n) is 3.58. The molecular weight excluding hydrogens is 254 g/mol. The lowest BCUT2D eigenvalue weighted by molar-refractivity contribution is -0.117. The van der Waals surface area contributed by atoms with Gasteiger partial charge in [-0.3, -0.25) is 9.69 Å². The van der Waals surface area contributed by atoms with Gasteiger partial charge in [-0.15, -0.1) is 0 Å². The number of nitrogen functional groups attached to an aromatic ring is 1. The third-order valence-corrected chi connectivity index (χ3v) is 3.58. The van der Waals surface area contributed by atoms with Crippen molar-refractivity contribution in [1.82, 2.24) is 4.90 Å². The predicted molar refractivity (Wildman–Crippen MR) is 80.4 cm³/mol. The molecule has 1 saturated heterocycles. The number of aliphatic hydroxyl groups is 1. The van der Waals surface area contributed by atoms with Crippen molar-refractivity contribution < 1.29 is 9.90 Å². The first-order chi connectivity index (χ1) is 9.44. The molecule has 0 radical (unpaired) electrons. The summed E-state index contributed by atoms with van der Waals surface area (Å²) in [4.78, 5) is 14.0. The van der Waals surface area contributed by atoms with Gasteiger partial charge >= 0.3 is 0 Å². The summed E-state index contributed by atoms with van der Waals surface area (Å²) < 4.78 is 0. The van der Waals surface area contributed by atoms with Crippen LogP contribution in [-0.4, -0.2) is 41.1 Å². The molecule has 0 saturated carbocycles. The van der Waals surface area contributed by atoms with E-state index in [9.17, 15) is 9.90 Å². The van der Waals surface area contributed by atoms with Crippen molar-refractivity contribution in [1.29, 1.82) is 0 Å². The summed E-state index contributed by atoms with van der Waals surface area (Å²) in [5, 5.41) is 12.9. The first kappa shape index (κ1) is 14.8. The number of hydrogen-bond donors (Lipinski definition) is 3. The Hall–Kier alpha value is -1.59. The Bertz CT molecular complexity index is 474. The van der Waals surface area contributed by atoms with Crippen LogP contribution in [0.25, 0.3) is 0 Å². The standard InChI is InChI=1S/C15H23N3O2/c1-15(20)7-3-8-18(11-15)9-6-14(19)17-13-5-2-4-12(16)10-13/h2,4-5,10,20H,3,6-9,11,16H2,1H3,(H,17,19). The molecule has 5 nitrogen and oxygen atoms in total. The molecule has 5 heteroatoms. The van der Waals surface area contributed by atoms with Crippen molar-refractivity contribution in [2.75, 3.05) is 30.7 Å². The highest BCUT2D eigenvalue weighted by Gasteiger charge is 2.28. The summed E-state index contributed by atoms with van der Waals surface area (Å²) in [6, 6.07) is 7.15. The van der Waals surface area contributed by atoms with Crippen molar-refractivity contribution in [3.8, 4) is 0 Å². The number of carbonyl (C=O) groups is 1. The number of carbonyl (C=O) groups excluding carboxylic acids is 1. The van der Waals surface area contributed by atoms with Gasteiger partial charge in [-0.2, -0.15) is 0 Å². The van der Waals surface area contributed by atoms with Crippen LogP contribution in [0.2, 0.25) is 0 Å². The van der Waals surface area contributed by atoms with Gasteiger partial charge in [0.05, 0.1) is 5.60 Å². The maximum atomic E-state index is 11.9. The van der Waals surface area contributed by atoms with Crippen LogP contribution in [-0.2, 0) is 4.79 Å². The van der Waals surface area contributed by atoms with E-state index in [0.29, 0.717) is 25.2 Å². The van der Waals surface area contributed by atoms with Gasteiger partial charge in [-0.25, -0.2) is 0 Å². The molecule has 1 atom stereocenters. The molecule has 20 heavy (non-hydrogen) atoms. The molecule has 0 aromatic heterocycles. The lowest BCUT2D eigenvalue weighted by atomic mass is 9.95.